The molecule has 0 saturated carbocycles. The Bertz CT molecular complexity index is 1390. The number of aromatic nitrogens is 2. The molecule has 12 nitrogen and oxygen atoms in total. The predicted octanol–water partition coefficient (Wildman–Crippen LogP) is 0.274. The third kappa shape index (κ3) is 7.34. The molecule has 14 heteroatoms. The van der Waals surface area contributed by atoms with Crippen LogP contribution in [0.3, 0.4) is 0 Å². The molecule has 0 unspecified atom stereocenters. The molecule has 2 aromatic carbocycles. The standard InChI is InChI=1S/C21H26N6O6S2/c1-22-34(29,30)19-7-3-5-17(13-19)24-21(28)15-27-10-9-26(16-27)11-12-33-25-18-6-4-8-20(14-18)35(31,32)23-2/h3-10,13-14,16,22-23,25H,11-12,15H2,1-2H3/p+1. The van der Waals surface area contributed by atoms with E-state index in [9.17, 15) is 21.6 Å². The molecule has 1 amide bonds. The van der Waals surface area contributed by atoms with E-state index in [2.05, 4.69) is 20.2 Å². The van der Waals surface area contributed by atoms with Crippen LogP contribution >= 0.6 is 0 Å². The van der Waals surface area contributed by atoms with Crippen LogP contribution in [0.15, 0.2) is 77.0 Å². The lowest BCUT2D eigenvalue weighted by Crippen LogP contribution is -2.38. The Kier molecular flexibility index (Phi) is 8.58. The highest BCUT2D eigenvalue weighted by Crippen LogP contribution is 2.16. The van der Waals surface area contributed by atoms with Crippen LogP contribution in [0.1, 0.15) is 0 Å². The highest BCUT2D eigenvalue weighted by molar-refractivity contribution is 7.89. The van der Waals surface area contributed by atoms with Gasteiger partial charge in [0.25, 0.3) is 5.91 Å². The smallest absolute Gasteiger partial charge is 0.266 e. The number of amides is 1. The number of benzene rings is 2. The molecule has 0 spiro atoms. The quantitative estimate of drug-likeness (QED) is 0.151. The van der Waals surface area contributed by atoms with Crippen LogP contribution in [0, 0.1) is 0 Å². The summed E-state index contributed by atoms with van der Waals surface area (Å²) in [5.41, 5.74) is 3.58. The van der Waals surface area contributed by atoms with Crippen molar-refractivity contribution in [3.8, 4) is 0 Å². The van der Waals surface area contributed by atoms with Gasteiger partial charge in [-0.3, -0.25) is 15.1 Å². The number of nitrogens with zero attached hydrogens (tertiary/aromatic N) is 2. The second-order valence-corrected chi connectivity index (χ2v) is 11.1. The Balaban J connectivity index is 1.48. The molecule has 0 saturated heterocycles. The van der Waals surface area contributed by atoms with Crippen molar-refractivity contribution in [2.24, 2.45) is 0 Å². The molecule has 0 aliphatic carbocycles. The molecule has 4 N–H and O–H groups in total. The van der Waals surface area contributed by atoms with Crippen molar-refractivity contribution in [2.45, 2.75) is 22.9 Å². The molecule has 188 valence electrons. The normalized spacial score (nSPS) is 11.8. The second-order valence-electron chi connectivity index (χ2n) is 7.29. The van der Waals surface area contributed by atoms with Crippen LogP contribution in [-0.4, -0.2) is 48.0 Å². The molecule has 0 radical (unpaired) electrons. The Labute approximate surface area is 204 Å². The first-order valence-electron chi connectivity index (χ1n) is 10.4. The third-order valence-corrected chi connectivity index (χ3v) is 7.65. The maximum absolute atomic E-state index is 12.4. The SMILES string of the molecule is CNS(=O)(=O)c1cccc(NOCCn2cc[n+](CC(=O)Nc3cccc(S(=O)(=O)NC)c3)c2)c1. The molecule has 0 fully saturated rings. The fourth-order valence-electron chi connectivity index (χ4n) is 3.02. The van der Waals surface area contributed by atoms with Crippen molar-refractivity contribution in [3.05, 3.63) is 67.3 Å². The molecule has 0 aliphatic heterocycles. The van der Waals surface area contributed by atoms with Gasteiger partial charge in [-0.2, -0.15) is 0 Å². The number of rotatable bonds is 12. The van der Waals surface area contributed by atoms with Crippen LogP contribution in [0.2, 0.25) is 0 Å². The van der Waals surface area contributed by atoms with E-state index in [1.165, 1.54) is 38.4 Å². The maximum Gasteiger partial charge on any atom is 0.266 e. The molecular weight excluding hydrogens is 496 g/mol. The summed E-state index contributed by atoms with van der Waals surface area (Å²) in [5, 5.41) is 2.68. The summed E-state index contributed by atoms with van der Waals surface area (Å²) in [6.45, 7) is 0.776. The van der Waals surface area contributed by atoms with Gasteiger partial charge in [0.15, 0.2) is 6.54 Å². The van der Waals surface area contributed by atoms with E-state index >= 15 is 0 Å². The van der Waals surface area contributed by atoms with Crippen LogP contribution in [0.25, 0.3) is 0 Å². The molecule has 35 heavy (non-hydrogen) atoms. The van der Waals surface area contributed by atoms with Gasteiger partial charge in [-0.25, -0.2) is 35.4 Å². The average Bonchev–Trinajstić information content (AvgIpc) is 3.29. The van der Waals surface area contributed by atoms with Gasteiger partial charge in [0.1, 0.15) is 25.5 Å². The largest absolute Gasteiger partial charge is 0.323 e. The highest BCUT2D eigenvalue weighted by Gasteiger charge is 2.14. The monoisotopic (exact) mass is 523 g/mol. The Hall–Kier alpha value is -3.30. The van der Waals surface area contributed by atoms with E-state index in [0.717, 1.165) is 0 Å². The van der Waals surface area contributed by atoms with E-state index < -0.39 is 20.0 Å². The zero-order chi connectivity index (χ0) is 25.5. The van der Waals surface area contributed by atoms with Gasteiger partial charge in [-0.05, 0) is 50.5 Å². The molecule has 0 bridgehead atoms. The van der Waals surface area contributed by atoms with Crippen LogP contribution in [-0.2, 0) is 42.8 Å². The summed E-state index contributed by atoms with van der Waals surface area (Å²) in [6, 6.07) is 12.2. The van der Waals surface area contributed by atoms with Gasteiger partial charge in [-0.1, -0.05) is 12.1 Å². The topological polar surface area (TPSA) is 152 Å². The zero-order valence-electron chi connectivity index (χ0n) is 19.1. The van der Waals surface area contributed by atoms with E-state index in [1.807, 2.05) is 4.57 Å². The number of hydrogen-bond donors (Lipinski definition) is 4. The maximum atomic E-state index is 12.4. The summed E-state index contributed by atoms with van der Waals surface area (Å²) in [4.78, 5) is 18.0. The van der Waals surface area contributed by atoms with Gasteiger partial charge in [0.05, 0.1) is 15.5 Å². The minimum atomic E-state index is -3.61. The first kappa shape index (κ1) is 26.3. The van der Waals surface area contributed by atoms with Crippen molar-refractivity contribution in [1.82, 2.24) is 14.0 Å². The van der Waals surface area contributed by atoms with Gasteiger partial charge in [0, 0.05) is 5.69 Å². The number of carbonyl (C=O) groups is 1. The van der Waals surface area contributed by atoms with Crippen LogP contribution in [0.5, 0.6) is 0 Å². The number of sulfonamides is 2. The highest BCUT2D eigenvalue weighted by atomic mass is 32.2. The third-order valence-electron chi connectivity index (χ3n) is 4.82. The zero-order valence-corrected chi connectivity index (χ0v) is 20.8. The second kappa shape index (κ2) is 11.4. The minimum absolute atomic E-state index is 0.0296. The lowest BCUT2D eigenvalue weighted by atomic mass is 10.3. The fourth-order valence-corrected chi connectivity index (χ4v) is 4.57. The van der Waals surface area contributed by atoms with E-state index in [-0.39, 0.29) is 28.8 Å². The number of carbonyl (C=O) groups excluding carboxylic acids is 1. The average molecular weight is 524 g/mol. The summed E-state index contributed by atoms with van der Waals surface area (Å²) >= 11 is 0. The number of nitrogens with one attached hydrogen (secondary N) is 4. The van der Waals surface area contributed by atoms with E-state index in [4.69, 9.17) is 4.84 Å². The molecule has 0 atom stereocenters. The molecule has 3 aromatic rings. The Morgan fingerprint density at radius 1 is 0.943 bits per heavy atom. The first-order valence-corrected chi connectivity index (χ1v) is 13.4. The van der Waals surface area contributed by atoms with Gasteiger partial charge < -0.3 is 5.32 Å². The van der Waals surface area contributed by atoms with Crippen molar-refractivity contribution in [1.29, 1.82) is 0 Å². The number of hydrogen-bond acceptors (Lipinski definition) is 7. The molecular formula is C21H27N6O6S2+. The lowest BCUT2D eigenvalue weighted by Gasteiger charge is -2.08. The summed E-state index contributed by atoms with van der Waals surface area (Å²) in [7, 11) is -4.49. The molecule has 3 rings (SSSR count). The summed E-state index contributed by atoms with van der Waals surface area (Å²) in [6.07, 6.45) is 5.22. The Morgan fingerprint density at radius 2 is 1.54 bits per heavy atom. The van der Waals surface area contributed by atoms with Crippen LogP contribution in [0.4, 0.5) is 11.4 Å². The predicted molar refractivity (Wildman–Crippen MR) is 128 cm³/mol. The molecule has 0 aliphatic rings. The van der Waals surface area contributed by atoms with Crippen molar-refractivity contribution in [2.75, 3.05) is 31.5 Å². The van der Waals surface area contributed by atoms with Gasteiger partial charge >= 0.3 is 0 Å². The number of imidazole rings is 1. The van der Waals surface area contributed by atoms with Crippen molar-refractivity contribution < 1.29 is 31.0 Å². The van der Waals surface area contributed by atoms with E-state index in [1.54, 1.807) is 47.6 Å². The lowest BCUT2D eigenvalue weighted by molar-refractivity contribution is -0.683. The molecule has 1 heterocycles. The summed E-state index contributed by atoms with van der Waals surface area (Å²) in [5.74, 6) is -0.318. The van der Waals surface area contributed by atoms with Gasteiger partial charge in [-0.15, -0.1) is 0 Å². The van der Waals surface area contributed by atoms with E-state index in [0.29, 0.717) is 17.9 Å². The Morgan fingerprint density at radius 3 is 2.17 bits per heavy atom. The van der Waals surface area contributed by atoms with Crippen LogP contribution < -0.4 is 24.8 Å². The van der Waals surface area contributed by atoms with Gasteiger partial charge in [0.2, 0.25) is 26.4 Å². The number of anilines is 2. The van der Waals surface area contributed by atoms with Crippen molar-refractivity contribution in [3.63, 3.8) is 0 Å². The first-order chi connectivity index (χ1) is 16.6. The molecule has 1 aromatic heterocycles. The van der Waals surface area contributed by atoms with Crippen molar-refractivity contribution >= 4 is 37.3 Å². The summed E-state index contributed by atoms with van der Waals surface area (Å²) < 4.78 is 55.6. The minimum Gasteiger partial charge on any atom is -0.323 e. The fraction of sp³-hybridized carbons (Fsp3) is 0.238.